The van der Waals surface area contributed by atoms with Crippen LogP contribution in [0.5, 0.6) is 5.75 Å². The first kappa shape index (κ1) is 15.0. The van der Waals surface area contributed by atoms with E-state index in [0.29, 0.717) is 24.2 Å². The van der Waals surface area contributed by atoms with Crippen LogP contribution in [0.15, 0.2) is 6.07 Å². The molecule has 20 heavy (non-hydrogen) atoms. The molecule has 2 rings (SSSR count). The van der Waals surface area contributed by atoms with Crippen molar-refractivity contribution in [1.82, 2.24) is 0 Å². The van der Waals surface area contributed by atoms with Crippen molar-refractivity contribution < 1.29 is 19.4 Å². The molecule has 1 aromatic rings. The number of carboxylic acids is 1. The highest BCUT2D eigenvalue weighted by Crippen LogP contribution is 2.38. The minimum Gasteiger partial charge on any atom is -0.479 e. The van der Waals surface area contributed by atoms with E-state index in [2.05, 4.69) is 15.9 Å². The number of carboxylic acid groups (broad SMARTS) is 1. The fraction of sp³-hybridized carbons (Fsp3) is 0.467. The lowest BCUT2D eigenvalue weighted by atomic mass is 9.99. The zero-order chi connectivity index (χ0) is 15.0. The Morgan fingerprint density at radius 3 is 2.70 bits per heavy atom. The molecule has 1 aliphatic rings. The number of ether oxygens (including phenoxy) is 1. The second-order valence-corrected chi connectivity index (χ2v) is 6.19. The lowest BCUT2D eigenvalue weighted by Crippen LogP contribution is -2.26. The molecule has 0 saturated heterocycles. The average molecular weight is 341 g/mol. The lowest BCUT2D eigenvalue weighted by molar-refractivity contribution is -0.145. The summed E-state index contributed by atoms with van der Waals surface area (Å²) in [6.07, 6.45) is 0.0375. The van der Waals surface area contributed by atoms with Gasteiger partial charge in [-0.3, -0.25) is 4.79 Å². The molecule has 108 valence electrons. The van der Waals surface area contributed by atoms with Crippen LogP contribution >= 0.6 is 15.9 Å². The molecule has 0 spiro atoms. The summed E-state index contributed by atoms with van der Waals surface area (Å²) < 4.78 is 5.68. The van der Waals surface area contributed by atoms with Crippen molar-refractivity contribution in [2.75, 3.05) is 0 Å². The highest BCUT2D eigenvalue weighted by Gasteiger charge is 2.34. The van der Waals surface area contributed by atoms with Crippen molar-refractivity contribution >= 4 is 27.7 Å². The lowest BCUT2D eigenvalue weighted by Gasteiger charge is -2.19. The third-order valence-corrected chi connectivity index (χ3v) is 4.32. The summed E-state index contributed by atoms with van der Waals surface area (Å²) in [5.74, 6) is -0.387. The smallest absolute Gasteiger partial charge is 0.344 e. The van der Waals surface area contributed by atoms with Crippen LogP contribution in [0.25, 0.3) is 0 Å². The van der Waals surface area contributed by atoms with Gasteiger partial charge in [0.1, 0.15) is 5.75 Å². The van der Waals surface area contributed by atoms with E-state index in [-0.39, 0.29) is 10.6 Å². The number of hydrogen-bond acceptors (Lipinski definition) is 3. The molecule has 4 nitrogen and oxygen atoms in total. The number of hydrogen-bond donors (Lipinski definition) is 1. The fourth-order valence-electron chi connectivity index (χ4n) is 2.63. The summed E-state index contributed by atoms with van der Waals surface area (Å²) in [6.45, 7) is 5.54. The Morgan fingerprint density at radius 1 is 1.50 bits per heavy atom. The Labute approximate surface area is 126 Å². The van der Waals surface area contributed by atoms with E-state index >= 15 is 0 Å². The molecule has 0 heterocycles. The van der Waals surface area contributed by atoms with Gasteiger partial charge in [0.05, 0.1) is 4.83 Å². The van der Waals surface area contributed by atoms with E-state index in [4.69, 9.17) is 9.84 Å². The summed E-state index contributed by atoms with van der Waals surface area (Å²) in [7, 11) is 0. The van der Waals surface area contributed by atoms with Gasteiger partial charge in [0.25, 0.3) is 0 Å². The SMILES string of the molecule is CCC(Oc1c(C)cc(C)c2c1CC(Br)C2=O)C(=O)O. The third-order valence-electron chi connectivity index (χ3n) is 3.58. The van der Waals surface area contributed by atoms with Crippen LogP contribution in [0, 0.1) is 13.8 Å². The topological polar surface area (TPSA) is 63.6 Å². The number of fused-ring (bicyclic) bond motifs is 1. The van der Waals surface area contributed by atoms with Gasteiger partial charge in [-0.25, -0.2) is 4.79 Å². The largest absolute Gasteiger partial charge is 0.479 e. The van der Waals surface area contributed by atoms with Gasteiger partial charge in [-0.1, -0.05) is 28.9 Å². The molecule has 0 saturated carbocycles. The molecule has 1 aromatic carbocycles. The maximum absolute atomic E-state index is 12.2. The van der Waals surface area contributed by atoms with E-state index in [9.17, 15) is 9.59 Å². The first-order valence-electron chi connectivity index (χ1n) is 6.57. The molecule has 0 radical (unpaired) electrons. The number of carbonyl (C=O) groups excluding carboxylic acids is 1. The summed E-state index contributed by atoms with van der Waals surface area (Å²) in [4.78, 5) is 23.0. The standard InChI is InChI=1S/C15H17BrO4/c1-4-11(15(18)19)20-14-8(3)5-7(2)12-9(14)6-10(16)13(12)17/h5,10-11H,4,6H2,1-3H3,(H,18,19). The van der Waals surface area contributed by atoms with E-state index in [0.717, 1.165) is 16.7 Å². The number of benzene rings is 1. The van der Waals surface area contributed by atoms with Crippen LogP contribution in [-0.2, 0) is 11.2 Å². The van der Waals surface area contributed by atoms with Crippen LogP contribution < -0.4 is 4.74 Å². The molecule has 5 heteroatoms. The average Bonchev–Trinajstić information content (AvgIpc) is 2.65. The third kappa shape index (κ3) is 2.46. The first-order chi connectivity index (χ1) is 9.36. The van der Waals surface area contributed by atoms with Gasteiger partial charge < -0.3 is 9.84 Å². The molecule has 1 N–H and O–H groups in total. The highest BCUT2D eigenvalue weighted by atomic mass is 79.9. The van der Waals surface area contributed by atoms with Gasteiger partial charge >= 0.3 is 5.97 Å². The quantitative estimate of drug-likeness (QED) is 0.855. The second-order valence-electron chi connectivity index (χ2n) is 5.08. The van der Waals surface area contributed by atoms with E-state index < -0.39 is 12.1 Å². The van der Waals surface area contributed by atoms with Gasteiger partial charge in [-0.2, -0.15) is 0 Å². The van der Waals surface area contributed by atoms with Crippen LogP contribution in [0.2, 0.25) is 0 Å². The Morgan fingerprint density at radius 2 is 2.15 bits per heavy atom. The van der Waals surface area contributed by atoms with Gasteiger partial charge in [0.15, 0.2) is 11.9 Å². The first-order valence-corrected chi connectivity index (χ1v) is 7.49. The maximum Gasteiger partial charge on any atom is 0.344 e. The van der Waals surface area contributed by atoms with Gasteiger partial charge in [-0.05, 0) is 37.8 Å². The molecule has 0 fully saturated rings. The zero-order valence-electron chi connectivity index (χ0n) is 11.7. The minimum atomic E-state index is -0.985. The van der Waals surface area contributed by atoms with Crippen LogP contribution in [0.3, 0.4) is 0 Å². The molecule has 0 aliphatic heterocycles. The normalized spacial score (nSPS) is 18.8. The number of aryl methyl sites for hydroxylation is 2. The predicted molar refractivity (Wildman–Crippen MR) is 79.0 cm³/mol. The van der Waals surface area contributed by atoms with Crippen molar-refractivity contribution in [3.63, 3.8) is 0 Å². The van der Waals surface area contributed by atoms with Crippen molar-refractivity contribution in [3.05, 3.63) is 28.3 Å². The summed E-state index contributed by atoms with van der Waals surface area (Å²) in [6, 6.07) is 1.88. The van der Waals surface area contributed by atoms with E-state index in [1.54, 1.807) is 6.92 Å². The molecule has 0 amide bonds. The highest BCUT2D eigenvalue weighted by molar-refractivity contribution is 9.10. The number of halogens is 1. The van der Waals surface area contributed by atoms with Crippen molar-refractivity contribution in [3.8, 4) is 5.75 Å². The number of aliphatic carboxylic acids is 1. The monoisotopic (exact) mass is 340 g/mol. The van der Waals surface area contributed by atoms with Gasteiger partial charge in [0.2, 0.25) is 0 Å². The van der Waals surface area contributed by atoms with E-state index in [1.165, 1.54) is 0 Å². The Bertz CT molecular complexity index is 580. The minimum absolute atomic E-state index is 0.0470. The molecule has 2 unspecified atom stereocenters. The Balaban J connectivity index is 2.50. The molecular weight excluding hydrogens is 324 g/mol. The van der Waals surface area contributed by atoms with Crippen LogP contribution in [-0.4, -0.2) is 27.8 Å². The Kier molecular flexibility index (Phi) is 4.18. The van der Waals surface area contributed by atoms with Gasteiger partial charge in [0, 0.05) is 11.1 Å². The van der Waals surface area contributed by atoms with E-state index in [1.807, 2.05) is 19.9 Å². The fourth-order valence-corrected chi connectivity index (χ4v) is 3.19. The molecule has 2 atom stereocenters. The number of rotatable bonds is 4. The number of Topliss-reactive ketones (excluding diaryl/α,β-unsaturated/α-hetero) is 1. The summed E-state index contributed by atoms with van der Waals surface area (Å²) >= 11 is 3.37. The van der Waals surface area contributed by atoms with Crippen molar-refractivity contribution in [1.29, 1.82) is 0 Å². The van der Waals surface area contributed by atoms with Crippen LogP contribution in [0.1, 0.15) is 40.4 Å². The van der Waals surface area contributed by atoms with Gasteiger partial charge in [-0.15, -0.1) is 0 Å². The van der Waals surface area contributed by atoms with Crippen molar-refractivity contribution in [2.24, 2.45) is 0 Å². The molecule has 1 aliphatic carbocycles. The molecule has 0 aromatic heterocycles. The molecular formula is C15H17BrO4. The maximum atomic E-state index is 12.2. The predicted octanol–water partition coefficient (Wildman–Crippen LogP) is 3.05. The summed E-state index contributed by atoms with van der Waals surface area (Å²) in [5.41, 5.74) is 3.29. The molecule has 0 bridgehead atoms. The van der Waals surface area contributed by atoms with Crippen molar-refractivity contribution in [2.45, 2.75) is 44.5 Å². The number of alkyl halides is 1. The number of ketones is 1. The summed E-state index contributed by atoms with van der Waals surface area (Å²) in [5, 5.41) is 9.13. The number of carbonyl (C=O) groups is 2. The van der Waals surface area contributed by atoms with Crippen LogP contribution in [0.4, 0.5) is 0 Å². The second kappa shape index (κ2) is 5.56. The Hall–Kier alpha value is -1.36. The zero-order valence-corrected chi connectivity index (χ0v) is 13.3.